The second-order valence-corrected chi connectivity index (χ2v) is 2.46. The number of benzene rings is 2. The molecule has 0 nitrogen and oxygen atoms in total. The second-order valence-electron chi connectivity index (χ2n) is 2.46. The van der Waals surface area contributed by atoms with E-state index in [1.165, 1.54) is 6.07 Å². The lowest BCUT2D eigenvalue weighted by atomic mass is 10.1. The second kappa shape index (κ2) is 7.98. The van der Waals surface area contributed by atoms with Gasteiger partial charge in [-0.1, -0.05) is 64.1 Å². The first-order chi connectivity index (χ1) is 7.38. The Morgan fingerprint density at radius 1 is 0.733 bits per heavy atom. The first-order valence-electron chi connectivity index (χ1n) is 5.51. The van der Waals surface area contributed by atoms with Gasteiger partial charge in [-0.05, 0) is 11.5 Å². The number of fused-ring (bicyclic) bond motifs is 1. The lowest BCUT2D eigenvalue weighted by molar-refractivity contribution is 0.640. The summed E-state index contributed by atoms with van der Waals surface area (Å²) in [6.07, 6.45) is 0. The van der Waals surface area contributed by atoms with E-state index < -0.39 is 0 Å². The molecule has 0 bridgehead atoms. The fraction of sp³-hybridized carbons (Fsp3) is 0.286. The zero-order chi connectivity index (χ0) is 11.7. The number of hydrogen-bond donors (Lipinski definition) is 0. The summed E-state index contributed by atoms with van der Waals surface area (Å²) in [5.41, 5.74) is 0. The van der Waals surface area contributed by atoms with Gasteiger partial charge in [0.1, 0.15) is 5.82 Å². The number of rotatable bonds is 0. The summed E-state index contributed by atoms with van der Waals surface area (Å²) in [7, 11) is 0. The van der Waals surface area contributed by atoms with E-state index >= 15 is 0 Å². The molecule has 0 aliphatic rings. The van der Waals surface area contributed by atoms with Gasteiger partial charge in [0.05, 0.1) is 0 Å². The summed E-state index contributed by atoms with van der Waals surface area (Å²) in [5, 5.41) is 1.64. The zero-order valence-corrected chi connectivity index (χ0v) is 9.92. The molecule has 2 aromatic rings. The average molecular weight is 206 g/mol. The van der Waals surface area contributed by atoms with Gasteiger partial charge in [0, 0.05) is 5.39 Å². The van der Waals surface area contributed by atoms with Crippen LogP contribution in [-0.2, 0) is 0 Å². The van der Waals surface area contributed by atoms with Crippen LogP contribution in [0.2, 0.25) is 0 Å². The van der Waals surface area contributed by atoms with Crippen molar-refractivity contribution in [3.05, 3.63) is 48.3 Å². The molecule has 15 heavy (non-hydrogen) atoms. The smallest absolute Gasteiger partial charge is 0.131 e. The van der Waals surface area contributed by atoms with Crippen LogP contribution in [0.1, 0.15) is 27.7 Å². The standard InChI is InChI=1S/C10H7F.2C2H6/c11-10-7-3-5-8-4-1-2-6-9(8)10;2*1-2/h1-7H;2*1-2H3. The van der Waals surface area contributed by atoms with Crippen LogP contribution >= 0.6 is 0 Å². The molecule has 0 saturated heterocycles. The molecular formula is C14H19F. The maximum absolute atomic E-state index is 13.0. The van der Waals surface area contributed by atoms with Gasteiger partial charge in [0.25, 0.3) is 0 Å². The van der Waals surface area contributed by atoms with E-state index in [2.05, 4.69) is 0 Å². The van der Waals surface area contributed by atoms with Crippen LogP contribution < -0.4 is 0 Å². The molecule has 0 spiro atoms. The van der Waals surface area contributed by atoms with Crippen LogP contribution in [0.5, 0.6) is 0 Å². The van der Waals surface area contributed by atoms with Gasteiger partial charge in [-0.25, -0.2) is 4.39 Å². The van der Waals surface area contributed by atoms with E-state index in [0.29, 0.717) is 5.39 Å². The van der Waals surface area contributed by atoms with Gasteiger partial charge < -0.3 is 0 Å². The maximum atomic E-state index is 13.0. The molecule has 0 aliphatic carbocycles. The molecule has 0 fully saturated rings. The molecule has 2 rings (SSSR count). The highest BCUT2D eigenvalue weighted by Crippen LogP contribution is 2.15. The quantitative estimate of drug-likeness (QED) is 0.567. The molecule has 0 unspecified atom stereocenters. The van der Waals surface area contributed by atoms with Crippen LogP contribution in [0.4, 0.5) is 4.39 Å². The van der Waals surface area contributed by atoms with E-state index in [0.717, 1.165) is 5.39 Å². The van der Waals surface area contributed by atoms with E-state index in [1.54, 1.807) is 12.1 Å². The van der Waals surface area contributed by atoms with E-state index in [1.807, 2.05) is 52.0 Å². The van der Waals surface area contributed by atoms with Gasteiger partial charge in [0.2, 0.25) is 0 Å². The van der Waals surface area contributed by atoms with Crippen molar-refractivity contribution in [2.45, 2.75) is 27.7 Å². The fourth-order valence-electron chi connectivity index (χ4n) is 1.19. The third-order valence-electron chi connectivity index (χ3n) is 1.74. The van der Waals surface area contributed by atoms with Crippen LogP contribution in [-0.4, -0.2) is 0 Å². The van der Waals surface area contributed by atoms with Gasteiger partial charge in [-0.3, -0.25) is 0 Å². The minimum Gasteiger partial charge on any atom is -0.206 e. The summed E-state index contributed by atoms with van der Waals surface area (Å²) in [5.74, 6) is -0.150. The van der Waals surface area contributed by atoms with E-state index in [-0.39, 0.29) is 5.82 Å². The monoisotopic (exact) mass is 206 g/mol. The minimum atomic E-state index is -0.150. The van der Waals surface area contributed by atoms with Crippen LogP contribution in [0, 0.1) is 5.82 Å². The maximum Gasteiger partial charge on any atom is 0.131 e. The fourth-order valence-corrected chi connectivity index (χ4v) is 1.19. The summed E-state index contributed by atoms with van der Waals surface area (Å²) < 4.78 is 13.0. The average Bonchev–Trinajstić information content (AvgIpc) is 2.35. The highest BCUT2D eigenvalue weighted by molar-refractivity contribution is 5.82. The molecule has 0 saturated carbocycles. The number of hydrogen-bond acceptors (Lipinski definition) is 0. The van der Waals surface area contributed by atoms with Crippen LogP contribution in [0.3, 0.4) is 0 Å². The predicted octanol–water partition coefficient (Wildman–Crippen LogP) is 5.03. The summed E-state index contributed by atoms with van der Waals surface area (Å²) in [6, 6.07) is 12.5. The molecule has 0 amide bonds. The Hall–Kier alpha value is -1.37. The summed E-state index contributed by atoms with van der Waals surface area (Å²) >= 11 is 0. The lowest BCUT2D eigenvalue weighted by Gasteiger charge is -1.95. The Balaban J connectivity index is 0.000000442. The van der Waals surface area contributed by atoms with Crippen molar-refractivity contribution in [1.82, 2.24) is 0 Å². The van der Waals surface area contributed by atoms with Crippen molar-refractivity contribution in [3.8, 4) is 0 Å². The SMILES string of the molecule is CC.CC.Fc1cccc2ccccc12. The van der Waals surface area contributed by atoms with Crippen LogP contribution in [0.15, 0.2) is 42.5 Å². The third kappa shape index (κ3) is 3.70. The minimum absolute atomic E-state index is 0.150. The van der Waals surface area contributed by atoms with Gasteiger partial charge >= 0.3 is 0 Å². The molecule has 82 valence electrons. The van der Waals surface area contributed by atoms with Crippen molar-refractivity contribution >= 4 is 10.8 Å². The van der Waals surface area contributed by atoms with Crippen LogP contribution in [0.25, 0.3) is 10.8 Å². The van der Waals surface area contributed by atoms with Crippen molar-refractivity contribution in [3.63, 3.8) is 0 Å². The molecular weight excluding hydrogens is 187 g/mol. The molecule has 0 aromatic heterocycles. The topological polar surface area (TPSA) is 0 Å². The molecule has 0 radical (unpaired) electrons. The predicted molar refractivity (Wildman–Crippen MR) is 66.6 cm³/mol. The molecule has 1 heteroatoms. The van der Waals surface area contributed by atoms with Crippen molar-refractivity contribution in [2.24, 2.45) is 0 Å². The van der Waals surface area contributed by atoms with Crippen molar-refractivity contribution in [1.29, 1.82) is 0 Å². The zero-order valence-electron chi connectivity index (χ0n) is 9.92. The van der Waals surface area contributed by atoms with Gasteiger partial charge in [-0.2, -0.15) is 0 Å². The van der Waals surface area contributed by atoms with Crippen molar-refractivity contribution < 1.29 is 4.39 Å². The Bertz CT molecular complexity index is 375. The highest BCUT2D eigenvalue weighted by Gasteiger charge is 1.95. The lowest BCUT2D eigenvalue weighted by Crippen LogP contribution is -1.76. The van der Waals surface area contributed by atoms with Gasteiger partial charge in [-0.15, -0.1) is 0 Å². The molecule has 0 N–H and O–H groups in total. The van der Waals surface area contributed by atoms with Gasteiger partial charge in [0.15, 0.2) is 0 Å². The molecule has 0 heterocycles. The van der Waals surface area contributed by atoms with E-state index in [9.17, 15) is 4.39 Å². The Morgan fingerprint density at radius 2 is 1.27 bits per heavy atom. The molecule has 2 aromatic carbocycles. The summed E-state index contributed by atoms with van der Waals surface area (Å²) in [4.78, 5) is 0. The van der Waals surface area contributed by atoms with Crippen molar-refractivity contribution in [2.75, 3.05) is 0 Å². The first-order valence-corrected chi connectivity index (χ1v) is 5.51. The molecule has 0 aliphatic heterocycles. The first kappa shape index (κ1) is 13.6. The normalized spacial score (nSPS) is 8.33. The highest BCUT2D eigenvalue weighted by atomic mass is 19.1. The number of halogens is 1. The largest absolute Gasteiger partial charge is 0.206 e. The third-order valence-corrected chi connectivity index (χ3v) is 1.74. The summed E-state index contributed by atoms with van der Waals surface area (Å²) in [6.45, 7) is 8.00. The Kier molecular flexibility index (Phi) is 7.25. The Labute approximate surface area is 91.8 Å². The molecule has 0 atom stereocenters. The van der Waals surface area contributed by atoms with E-state index in [4.69, 9.17) is 0 Å². The Morgan fingerprint density at radius 3 is 1.87 bits per heavy atom.